The molecule has 0 radical (unpaired) electrons. The molecule has 0 aliphatic heterocycles. The van der Waals surface area contributed by atoms with Crippen LogP contribution in [0.1, 0.15) is 19.4 Å². The van der Waals surface area contributed by atoms with E-state index in [-0.39, 0.29) is 12.0 Å². The zero-order chi connectivity index (χ0) is 11.3. The van der Waals surface area contributed by atoms with Crippen LogP contribution in [0.5, 0.6) is 0 Å². The van der Waals surface area contributed by atoms with Crippen LogP contribution in [0.3, 0.4) is 0 Å². The van der Waals surface area contributed by atoms with Gasteiger partial charge in [-0.25, -0.2) is 4.98 Å². The van der Waals surface area contributed by atoms with Crippen LogP contribution in [-0.4, -0.2) is 17.3 Å². The maximum Gasteiger partial charge on any atom is 0.142 e. The number of hydrogen-bond donors (Lipinski definition) is 1. The van der Waals surface area contributed by atoms with Gasteiger partial charge in [0, 0.05) is 6.20 Å². The fourth-order valence-electron chi connectivity index (χ4n) is 1.11. The summed E-state index contributed by atoms with van der Waals surface area (Å²) in [6.45, 7) is 3.89. The minimum Gasteiger partial charge on any atom is -0.360 e. The highest BCUT2D eigenvalue weighted by Crippen LogP contribution is 2.10. The molecule has 0 saturated heterocycles. The zero-order valence-electron chi connectivity index (χ0n) is 8.77. The SMILES string of the molecule is CC(C)C(C=O)Nc1cc(C#N)ccn1. The lowest BCUT2D eigenvalue weighted by Gasteiger charge is -2.16. The van der Waals surface area contributed by atoms with Crippen molar-refractivity contribution in [2.75, 3.05) is 5.32 Å². The van der Waals surface area contributed by atoms with Crippen molar-refractivity contribution < 1.29 is 4.79 Å². The van der Waals surface area contributed by atoms with Gasteiger partial charge in [0.2, 0.25) is 0 Å². The summed E-state index contributed by atoms with van der Waals surface area (Å²) >= 11 is 0. The first kappa shape index (κ1) is 11.2. The average molecular weight is 203 g/mol. The number of nitrogens with one attached hydrogen (secondary N) is 1. The number of pyridine rings is 1. The monoisotopic (exact) mass is 203 g/mol. The molecule has 1 rings (SSSR count). The lowest BCUT2D eigenvalue weighted by molar-refractivity contribution is -0.109. The van der Waals surface area contributed by atoms with E-state index in [1.807, 2.05) is 19.9 Å². The molecule has 0 fully saturated rings. The summed E-state index contributed by atoms with van der Waals surface area (Å²) in [6, 6.07) is 4.99. The summed E-state index contributed by atoms with van der Waals surface area (Å²) in [6.07, 6.45) is 2.40. The number of carbonyl (C=O) groups is 1. The Hall–Kier alpha value is -1.89. The predicted molar refractivity (Wildman–Crippen MR) is 57.3 cm³/mol. The van der Waals surface area contributed by atoms with Crippen LogP contribution in [0.4, 0.5) is 5.82 Å². The minimum atomic E-state index is -0.272. The van der Waals surface area contributed by atoms with E-state index >= 15 is 0 Å². The summed E-state index contributed by atoms with van der Waals surface area (Å²) in [5.74, 6) is 0.745. The van der Waals surface area contributed by atoms with Gasteiger partial charge in [-0.15, -0.1) is 0 Å². The second-order valence-corrected chi connectivity index (χ2v) is 3.59. The fraction of sp³-hybridized carbons (Fsp3) is 0.364. The Morgan fingerprint density at radius 2 is 2.33 bits per heavy atom. The normalized spacial score (nSPS) is 11.9. The van der Waals surface area contributed by atoms with Crippen molar-refractivity contribution in [3.63, 3.8) is 0 Å². The molecule has 0 aromatic carbocycles. The van der Waals surface area contributed by atoms with E-state index in [2.05, 4.69) is 10.3 Å². The lowest BCUT2D eigenvalue weighted by atomic mass is 10.1. The van der Waals surface area contributed by atoms with Gasteiger partial charge < -0.3 is 10.1 Å². The van der Waals surface area contributed by atoms with Crippen LogP contribution in [-0.2, 0) is 4.79 Å². The molecule has 1 N–H and O–H groups in total. The molecular formula is C11H13N3O. The molecule has 1 aromatic rings. The average Bonchev–Trinajstić information content (AvgIpc) is 2.25. The first-order valence-corrected chi connectivity index (χ1v) is 4.75. The summed E-state index contributed by atoms with van der Waals surface area (Å²) in [4.78, 5) is 14.8. The van der Waals surface area contributed by atoms with Crippen molar-refractivity contribution in [2.45, 2.75) is 19.9 Å². The van der Waals surface area contributed by atoms with Gasteiger partial charge in [0.1, 0.15) is 12.1 Å². The van der Waals surface area contributed by atoms with Crippen LogP contribution >= 0.6 is 0 Å². The summed E-state index contributed by atoms with van der Waals surface area (Å²) < 4.78 is 0. The van der Waals surface area contributed by atoms with E-state index in [1.54, 1.807) is 18.3 Å². The molecule has 1 aromatic heterocycles. The number of hydrogen-bond acceptors (Lipinski definition) is 4. The van der Waals surface area contributed by atoms with E-state index in [0.717, 1.165) is 6.29 Å². The number of aldehydes is 1. The molecule has 0 amide bonds. The summed E-state index contributed by atoms with van der Waals surface area (Å²) in [5, 5.41) is 11.7. The second kappa shape index (κ2) is 5.11. The van der Waals surface area contributed by atoms with Crippen molar-refractivity contribution in [3.8, 4) is 6.07 Å². The van der Waals surface area contributed by atoms with Gasteiger partial charge in [-0.2, -0.15) is 5.26 Å². The molecule has 15 heavy (non-hydrogen) atoms. The Bertz CT molecular complexity index is 382. The second-order valence-electron chi connectivity index (χ2n) is 3.59. The van der Waals surface area contributed by atoms with Gasteiger partial charge in [-0.05, 0) is 18.1 Å². The summed E-state index contributed by atoms with van der Waals surface area (Å²) in [7, 11) is 0. The Morgan fingerprint density at radius 3 is 2.87 bits per heavy atom. The third-order valence-electron chi connectivity index (χ3n) is 2.07. The van der Waals surface area contributed by atoms with Crippen LogP contribution in [0.25, 0.3) is 0 Å². The van der Waals surface area contributed by atoms with Crippen LogP contribution in [0, 0.1) is 17.2 Å². The van der Waals surface area contributed by atoms with E-state index in [4.69, 9.17) is 5.26 Å². The first-order valence-electron chi connectivity index (χ1n) is 4.75. The van der Waals surface area contributed by atoms with E-state index in [0.29, 0.717) is 11.4 Å². The van der Waals surface area contributed by atoms with Crippen LogP contribution in [0.15, 0.2) is 18.3 Å². The summed E-state index contributed by atoms with van der Waals surface area (Å²) in [5.41, 5.74) is 0.529. The molecule has 78 valence electrons. The predicted octanol–water partition coefficient (Wildman–Crippen LogP) is 1.59. The molecule has 4 nitrogen and oxygen atoms in total. The Kier molecular flexibility index (Phi) is 3.81. The molecule has 0 saturated carbocycles. The minimum absolute atomic E-state index is 0.190. The highest BCUT2D eigenvalue weighted by Gasteiger charge is 2.12. The Balaban J connectivity index is 2.80. The molecule has 0 aliphatic rings. The number of aromatic nitrogens is 1. The maximum atomic E-state index is 10.8. The molecule has 1 unspecified atom stereocenters. The Labute approximate surface area is 88.9 Å². The highest BCUT2D eigenvalue weighted by atomic mass is 16.1. The molecule has 4 heteroatoms. The molecular weight excluding hydrogens is 190 g/mol. The van der Waals surface area contributed by atoms with Crippen molar-refractivity contribution >= 4 is 12.1 Å². The van der Waals surface area contributed by atoms with Crippen LogP contribution in [0.2, 0.25) is 0 Å². The third kappa shape index (κ3) is 3.06. The highest BCUT2D eigenvalue weighted by molar-refractivity contribution is 5.63. The number of carbonyl (C=O) groups excluding carboxylic acids is 1. The van der Waals surface area contributed by atoms with Crippen molar-refractivity contribution in [2.24, 2.45) is 5.92 Å². The molecule has 0 aliphatic carbocycles. The molecule has 0 spiro atoms. The molecule has 1 heterocycles. The van der Waals surface area contributed by atoms with Crippen molar-refractivity contribution in [1.29, 1.82) is 5.26 Å². The van der Waals surface area contributed by atoms with Gasteiger partial charge in [0.25, 0.3) is 0 Å². The van der Waals surface area contributed by atoms with Crippen molar-refractivity contribution in [3.05, 3.63) is 23.9 Å². The van der Waals surface area contributed by atoms with Crippen LogP contribution < -0.4 is 5.32 Å². The first-order chi connectivity index (χ1) is 7.17. The van der Waals surface area contributed by atoms with E-state index in [1.165, 1.54) is 0 Å². The quantitative estimate of drug-likeness (QED) is 0.754. The largest absolute Gasteiger partial charge is 0.360 e. The number of anilines is 1. The van der Waals surface area contributed by atoms with E-state index < -0.39 is 0 Å². The van der Waals surface area contributed by atoms with Gasteiger partial charge in [-0.3, -0.25) is 0 Å². The van der Waals surface area contributed by atoms with Gasteiger partial charge >= 0.3 is 0 Å². The fourth-order valence-corrected chi connectivity index (χ4v) is 1.11. The topological polar surface area (TPSA) is 65.8 Å². The van der Waals surface area contributed by atoms with E-state index in [9.17, 15) is 4.79 Å². The van der Waals surface area contributed by atoms with Gasteiger partial charge in [0.05, 0.1) is 17.7 Å². The lowest BCUT2D eigenvalue weighted by Crippen LogP contribution is -2.27. The van der Waals surface area contributed by atoms with Gasteiger partial charge in [0.15, 0.2) is 0 Å². The smallest absolute Gasteiger partial charge is 0.142 e. The third-order valence-corrected chi connectivity index (χ3v) is 2.07. The number of nitriles is 1. The number of rotatable bonds is 4. The standard InChI is InChI=1S/C11H13N3O/c1-8(2)10(7-15)14-11-5-9(6-12)3-4-13-11/h3-5,7-8,10H,1-2H3,(H,13,14). The Morgan fingerprint density at radius 1 is 1.60 bits per heavy atom. The number of nitrogens with zero attached hydrogens (tertiary/aromatic N) is 2. The maximum absolute atomic E-state index is 10.8. The van der Waals surface area contributed by atoms with Crippen molar-refractivity contribution in [1.82, 2.24) is 4.98 Å². The zero-order valence-corrected chi connectivity index (χ0v) is 8.77. The van der Waals surface area contributed by atoms with Gasteiger partial charge in [-0.1, -0.05) is 13.8 Å². The molecule has 0 bridgehead atoms. The molecule has 1 atom stereocenters.